The highest BCUT2D eigenvalue weighted by Gasteiger charge is 2.40. The lowest BCUT2D eigenvalue weighted by molar-refractivity contribution is -0.147. The lowest BCUT2D eigenvalue weighted by atomic mass is 10.2. The number of nitrogens with one attached hydrogen (secondary N) is 1. The minimum absolute atomic E-state index is 0.00263. The van der Waals surface area contributed by atoms with Gasteiger partial charge >= 0.3 is 5.97 Å². The second kappa shape index (κ2) is 6.20. The smallest absolute Gasteiger partial charge is 0.309 e. The van der Waals surface area contributed by atoms with Crippen LogP contribution in [0.1, 0.15) is 24.7 Å². The molecule has 7 heteroatoms. The van der Waals surface area contributed by atoms with Gasteiger partial charge in [-0.2, -0.15) is 15.0 Å². The Balaban J connectivity index is 1.66. The summed E-state index contributed by atoms with van der Waals surface area (Å²) in [5.41, 5.74) is 7.70. The normalized spacial score (nSPS) is 19.2. The minimum Gasteiger partial charge on any atom is -0.457 e. The number of anilines is 3. The molecule has 7 nitrogen and oxygen atoms in total. The Bertz CT molecular complexity index is 717. The number of esters is 1. The van der Waals surface area contributed by atoms with Crippen molar-refractivity contribution in [3.63, 3.8) is 0 Å². The highest BCUT2D eigenvalue weighted by atomic mass is 16.5. The topological polar surface area (TPSA) is 103 Å². The van der Waals surface area contributed by atoms with Crippen LogP contribution >= 0.6 is 0 Å². The molecule has 3 N–H and O–H groups in total. The number of aryl methyl sites for hydroxylation is 1. The maximum absolute atomic E-state index is 11.7. The fourth-order valence-electron chi connectivity index (χ4n) is 2.22. The van der Waals surface area contributed by atoms with E-state index < -0.39 is 0 Å². The third-order valence-electron chi connectivity index (χ3n) is 3.76. The fourth-order valence-corrected chi connectivity index (χ4v) is 2.22. The summed E-state index contributed by atoms with van der Waals surface area (Å²) < 4.78 is 5.22. The SMILES string of the molecule is Cc1ccc(Nc2nc(N)nc(COC(=O)[C@@H]3C[C@@H]3C)n2)cc1. The second-order valence-electron chi connectivity index (χ2n) is 5.85. The molecule has 2 aromatic rings. The van der Waals surface area contributed by atoms with Crippen LogP contribution in [0.5, 0.6) is 0 Å². The van der Waals surface area contributed by atoms with E-state index in [1.807, 2.05) is 38.1 Å². The summed E-state index contributed by atoms with van der Waals surface area (Å²) in [5, 5.41) is 3.06. The van der Waals surface area contributed by atoms with Gasteiger partial charge in [0, 0.05) is 5.69 Å². The molecule has 1 heterocycles. The first-order valence-corrected chi connectivity index (χ1v) is 7.52. The number of nitrogens with zero attached hydrogens (tertiary/aromatic N) is 3. The number of carbonyl (C=O) groups excluding carboxylic acids is 1. The number of rotatable bonds is 5. The number of nitrogen functional groups attached to an aromatic ring is 1. The first-order valence-electron chi connectivity index (χ1n) is 7.52. The number of carbonyl (C=O) groups is 1. The molecule has 0 amide bonds. The minimum atomic E-state index is -0.204. The van der Waals surface area contributed by atoms with Crippen molar-refractivity contribution in [2.24, 2.45) is 11.8 Å². The van der Waals surface area contributed by atoms with Gasteiger partial charge in [-0.15, -0.1) is 0 Å². The Morgan fingerprint density at radius 2 is 2.00 bits per heavy atom. The first-order chi connectivity index (χ1) is 11.0. The Labute approximate surface area is 134 Å². The molecule has 1 fully saturated rings. The average Bonchev–Trinajstić information content (AvgIpc) is 3.24. The zero-order valence-corrected chi connectivity index (χ0v) is 13.1. The summed E-state index contributed by atoms with van der Waals surface area (Å²) >= 11 is 0. The van der Waals surface area contributed by atoms with E-state index in [0.29, 0.717) is 17.7 Å². The molecule has 0 aliphatic heterocycles. The van der Waals surface area contributed by atoms with Gasteiger partial charge < -0.3 is 15.8 Å². The summed E-state index contributed by atoms with van der Waals surface area (Å²) in [6, 6.07) is 7.80. The zero-order valence-electron chi connectivity index (χ0n) is 13.1. The van der Waals surface area contributed by atoms with Crippen LogP contribution < -0.4 is 11.1 Å². The van der Waals surface area contributed by atoms with E-state index in [-0.39, 0.29) is 24.4 Å². The van der Waals surface area contributed by atoms with Crippen molar-refractivity contribution in [2.75, 3.05) is 11.1 Å². The molecule has 1 aliphatic rings. The molecule has 2 atom stereocenters. The highest BCUT2D eigenvalue weighted by Crippen LogP contribution is 2.38. The van der Waals surface area contributed by atoms with Crippen LogP contribution in [0.3, 0.4) is 0 Å². The fraction of sp³-hybridized carbons (Fsp3) is 0.375. The van der Waals surface area contributed by atoms with Gasteiger partial charge in [0.1, 0.15) is 0 Å². The number of hydrogen-bond acceptors (Lipinski definition) is 7. The van der Waals surface area contributed by atoms with Gasteiger partial charge in [-0.05, 0) is 31.4 Å². The van der Waals surface area contributed by atoms with Crippen LogP contribution in [-0.4, -0.2) is 20.9 Å². The molecule has 0 radical (unpaired) electrons. The van der Waals surface area contributed by atoms with Crippen LogP contribution in [0.4, 0.5) is 17.6 Å². The van der Waals surface area contributed by atoms with E-state index in [2.05, 4.69) is 20.3 Å². The average molecular weight is 313 g/mol. The summed E-state index contributed by atoms with van der Waals surface area (Å²) in [5.74, 6) is 0.954. The predicted octanol–water partition coefficient (Wildman–Crippen LogP) is 2.21. The summed E-state index contributed by atoms with van der Waals surface area (Å²) in [7, 11) is 0. The standard InChI is InChI=1S/C16H19N5O2/c1-9-3-5-11(6-4-9)18-16-20-13(19-15(17)21-16)8-23-14(22)12-7-10(12)2/h3-6,10,12H,7-8H2,1-2H3,(H3,17,18,19,20,21)/t10-,12+/m0/s1. The van der Waals surface area contributed by atoms with Crippen LogP contribution in [-0.2, 0) is 16.1 Å². The second-order valence-corrected chi connectivity index (χ2v) is 5.85. The van der Waals surface area contributed by atoms with Crippen LogP contribution in [0.2, 0.25) is 0 Å². The maximum atomic E-state index is 11.7. The van der Waals surface area contributed by atoms with E-state index in [1.54, 1.807) is 0 Å². The Morgan fingerprint density at radius 3 is 2.65 bits per heavy atom. The van der Waals surface area contributed by atoms with Gasteiger partial charge in [0.2, 0.25) is 11.9 Å². The van der Waals surface area contributed by atoms with Crippen molar-refractivity contribution >= 4 is 23.6 Å². The predicted molar refractivity (Wildman–Crippen MR) is 85.8 cm³/mol. The van der Waals surface area contributed by atoms with Crippen molar-refractivity contribution in [3.8, 4) is 0 Å². The largest absolute Gasteiger partial charge is 0.457 e. The number of hydrogen-bond donors (Lipinski definition) is 2. The van der Waals surface area contributed by atoms with E-state index >= 15 is 0 Å². The molecule has 0 saturated heterocycles. The molecule has 120 valence electrons. The van der Waals surface area contributed by atoms with Crippen molar-refractivity contribution in [1.82, 2.24) is 15.0 Å². The molecule has 1 aromatic heterocycles. The van der Waals surface area contributed by atoms with Crippen molar-refractivity contribution in [3.05, 3.63) is 35.7 Å². The van der Waals surface area contributed by atoms with Gasteiger partial charge in [0.05, 0.1) is 5.92 Å². The number of ether oxygens (including phenoxy) is 1. The summed E-state index contributed by atoms with van der Waals surface area (Å²) in [6.07, 6.45) is 0.887. The molecule has 0 unspecified atom stereocenters. The van der Waals surface area contributed by atoms with Crippen LogP contribution in [0.25, 0.3) is 0 Å². The monoisotopic (exact) mass is 313 g/mol. The van der Waals surface area contributed by atoms with Gasteiger partial charge in [0.25, 0.3) is 0 Å². The van der Waals surface area contributed by atoms with E-state index in [1.165, 1.54) is 0 Å². The third-order valence-corrected chi connectivity index (χ3v) is 3.76. The van der Waals surface area contributed by atoms with Gasteiger partial charge in [-0.1, -0.05) is 24.6 Å². The summed E-state index contributed by atoms with van der Waals surface area (Å²) in [6.45, 7) is 4.03. The first kappa shape index (κ1) is 15.2. The quantitative estimate of drug-likeness (QED) is 0.816. The van der Waals surface area contributed by atoms with E-state index in [4.69, 9.17) is 10.5 Å². The molecule has 1 aromatic carbocycles. The van der Waals surface area contributed by atoms with Crippen molar-refractivity contribution in [2.45, 2.75) is 26.9 Å². The lowest BCUT2D eigenvalue weighted by Gasteiger charge is -2.08. The molecule has 0 spiro atoms. The zero-order chi connectivity index (χ0) is 16.4. The molecule has 3 rings (SSSR count). The van der Waals surface area contributed by atoms with Gasteiger partial charge in [-0.25, -0.2) is 0 Å². The number of nitrogens with two attached hydrogens (primary N) is 1. The van der Waals surface area contributed by atoms with Crippen molar-refractivity contribution in [1.29, 1.82) is 0 Å². The number of benzene rings is 1. The molecular weight excluding hydrogens is 294 g/mol. The molecule has 1 saturated carbocycles. The highest BCUT2D eigenvalue weighted by molar-refractivity contribution is 5.75. The van der Waals surface area contributed by atoms with Gasteiger partial charge in [-0.3, -0.25) is 4.79 Å². The van der Waals surface area contributed by atoms with Crippen LogP contribution in [0, 0.1) is 18.8 Å². The maximum Gasteiger partial charge on any atom is 0.309 e. The van der Waals surface area contributed by atoms with Crippen molar-refractivity contribution < 1.29 is 9.53 Å². The Morgan fingerprint density at radius 1 is 1.30 bits per heavy atom. The van der Waals surface area contributed by atoms with E-state index in [0.717, 1.165) is 17.7 Å². The Kier molecular flexibility index (Phi) is 4.10. The molecule has 0 bridgehead atoms. The Hall–Kier alpha value is -2.70. The third kappa shape index (κ3) is 3.94. The van der Waals surface area contributed by atoms with Gasteiger partial charge in [0.15, 0.2) is 12.4 Å². The number of aromatic nitrogens is 3. The lowest BCUT2D eigenvalue weighted by Crippen LogP contribution is -2.12. The van der Waals surface area contributed by atoms with E-state index in [9.17, 15) is 4.79 Å². The summed E-state index contributed by atoms with van der Waals surface area (Å²) in [4.78, 5) is 24.0. The molecule has 1 aliphatic carbocycles. The molecular formula is C16H19N5O2. The van der Waals surface area contributed by atoms with Crippen LogP contribution in [0.15, 0.2) is 24.3 Å². The molecule has 23 heavy (non-hydrogen) atoms.